The molecule has 0 atom stereocenters. The van der Waals surface area contributed by atoms with Gasteiger partial charge in [-0.25, -0.2) is 8.42 Å². The van der Waals surface area contributed by atoms with E-state index >= 15 is 0 Å². The number of sulfonamides is 1. The van der Waals surface area contributed by atoms with Crippen LogP contribution in [0.25, 0.3) is 0 Å². The van der Waals surface area contributed by atoms with Gasteiger partial charge >= 0.3 is 0 Å². The van der Waals surface area contributed by atoms with Crippen molar-refractivity contribution in [3.05, 3.63) is 66.7 Å². The second kappa shape index (κ2) is 12.9. The van der Waals surface area contributed by atoms with Crippen molar-refractivity contribution in [2.24, 2.45) is 0 Å². The van der Waals surface area contributed by atoms with Crippen LogP contribution in [0.2, 0.25) is 0 Å². The van der Waals surface area contributed by atoms with Gasteiger partial charge < -0.3 is 29.2 Å². The number of anilines is 2. The van der Waals surface area contributed by atoms with Crippen molar-refractivity contribution in [1.82, 2.24) is 5.32 Å². The molecule has 0 aliphatic rings. The molecule has 0 saturated carbocycles. The second-order valence-electron chi connectivity index (χ2n) is 8.17. The van der Waals surface area contributed by atoms with Crippen molar-refractivity contribution in [3.63, 3.8) is 0 Å². The van der Waals surface area contributed by atoms with Gasteiger partial charge in [0.2, 0.25) is 5.91 Å². The Bertz CT molecular complexity index is 1330. The van der Waals surface area contributed by atoms with E-state index in [-0.39, 0.29) is 22.1 Å². The van der Waals surface area contributed by atoms with Gasteiger partial charge in [0.1, 0.15) is 18.0 Å². The van der Waals surface area contributed by atoms with E-state index in [1.807, 2.05) is 42.3 Å². The average molecular weight is 544 g/mol. The van der Waals surface area contributed by atoms with Crippen molar-refractivity contribution in [2.45, 2.75) is 4.90 Å². The quantitative estimate of drug-likeness (QED) is 0.351. The summed E-state index contributed by atoms with van der Waals surface area (Å²) in [6.07, 6.45) is 0. The van der Waals surface area contributed by atoms with Crippen molar-refractivity contribution < 1.29 is 32.2 Å². The number of carbonyl (C=O) groups excluding carboxylic acids is 1. The number of likely N-dealkylation sites (N-methyl/N-ethyl adjacent to an activating group) is 1. The number of rotatable bonds is 13. The van der Waals surface area contributed by atoms with Crippen LogP contribution >= 0.6 is 0 Å². The SMILES string of the molecule is COc1ccc(OC)c(N(CC(=O)NCCN(C)c2ccccc2)S(=O)(=O)c2ccc(OC)c(OC)c2)c1. The fourth-order valence-corrected chi connectivity index (χ4v) is 5.20. The number of amides is 1. The van der Waals surface area contributed by atoms with Gasteiger partial charge in [0.25, 0.3) is 10.0 Å². The lowest BCUT2D eigenvalue weighted by molar-refractivity contribution is -0.119. The maximum atomic E-state index is 13.9. The Morgan fingerprint density at radius 1 is 0.816 bits per heavy atom. The minimum atomic E-state index is -4.26. The Kier molecular flexibility index (Phi) is 9.66. The molecule has 1 N–H and O–H groups in total. The monoisotopic (exact) mass is 543 g/mol. The molecule has 1 amide bonds. The molecule has 3 aromatic rings. The number of methoxy groups -OCH3 is 4. The molecule has 3 aromatic carbocycles. The summed E-state index contributed by atoms with van der Waals surface area (Å²) in [5, 5.41) is 2.81. The molecule has 0 bridgehead atoms. The van der Waals surface area contributed by atoms with E-state index in [1.165, 1.54) is 52.7 Å². The van der Waals surface area contributed by atoms with Crippen LogP contribution in [0, 0.1) is 0 Å². The Hall–Kier alpha value is -4.12. The van der Waals surface area contributed by atoms with Gasteiger partial charge in [0.05, 0.1) is 39.0 Å². The number of nitrogens with one attached hydrogen (secondary N) is 1. The molecule has 0 fully saturated rings. The third-order valence-corrected chi connectivity index (χ3v) is 7.61. The number of hydrogen-bond acceptors (Lipinski definition) is 8. The zero-order valence-electron chi connectivity index (χ0n) is 22.1. The third kappa shape index (κ3) is 6.60. The summed E-state index contributed by atoms with van der Waals surface area (Å²) >= 11 is 0. The highest BCUT2D eigenvalue weighted by molar-refractivity contribution is 7.92. The Labute approximate surface area is 223 Å². The summed E-state index contributed by atoms with van der Waals surface area (Å²) in [6, 6.07) is 18.7. The molecule has 38 heavy (non-hydrogen) atoms. The summed E-state index contributed by atoms with van der Waals surface area (Å²) in [6.45, 7) is 0.347. The lowest BCUT2D eigenvalue weighted by Gasteiger charge is -2.26. The predicted octanol–water partition coefficient (Wildman–Crippen LogP) is 3.17. The zero-order chi connectivity index (χ0) is 27.7. The highest BCUT2D eigenvalue weighted by Gasteiger charge is 2.31. The van der Waals surface area contributed by atoms with E-state index in [0.717, 1.165) is 9.99 Å². The molecule has 0 heterocycles. The van der Waals surface area contributed by atoms with Gasteiger partial charge in [-0.2, -0.15) is 0 Å². The van der Waals surface area contributed by atoms with Gasteiger partial charge in [-0.1, -0.05) is 18.2 Å². The maximum Gasteiger partial charge on any atom is 0.265 e. The summed E-state index contributed by atoms with van der Waals surface area (Å²) in [5.41, 5.74) is 1.15. The largest absolute Gasteiger partial charge is 0.497 e. The number of para-hydroxylation sites is 1. The van der Waals surface area contributed by atoms with Crippen LogP contribution < -0.4 is 33.5 Å². The van der Waals surface area contributed by atoms with Gasteiger partial charge in [-0.15, -0.1) is 0 Å². The van der Waals surface area contributed by atoms with E-state index in [4.69, 9.17) is 18.9 Å². The summed E-state index contributed by atoms with van der Waals surface area (Å²) in [4.78, 5) is 15.0. The van der Waals surface area contributed by atoms with Crippen molar-refractivity contribution in [1.29, 1.82) is 0 Å². The van der Waals surface area contributed by atoms with Crippen molar-refractivity contribution >= 4 is 27.3 Å². The van der Waals surface area contributed by atoms with E-state index in [9.17, 15) is 13.2 Å². The van der Waals surface area contributed by atoms with Crippen molar-refractivity contribution in [3.8, 4) is 23.0 Å². The van der Waals surface area contributed by atoms with Crippen LogP contribution in [0.4, 0.5) is 11.4 Å². The summed E-state index contributed by atoms with van der Waals surface area (Å²) in [5.74, 6) is 0.779. The normalized spacial score (nSPS) is 10.9. The lowest BCUT2D eigenvalue weighted by Crippen LogP contribution is -2.43. The Morgan fingerprint density at radius 2 is 1.47 bits per heavy atom. The summed E-state index contributed by atoms with van der Waals surface area (Å²) in [7, 11) is 3.42. The number of nitrogens with zero attached hydrogens (tertiary/aromatic N) is 2. The molecule has 204 valence electrons. The van der Waals surface area contributed by atoms with Crippen LogP contribution in [0.1, 0.15) is 0 Å². The van der Waals surface area contributed by atoms with Crippen LogP contribution in [-0.2, 0) is 14.8 Å². The molecule has 11 heteroatoms. The first-order chi connectivity index (χ1) is 18.2. The van der Waals surface area contributed by atoms with Crippen LogP contribution in [0.5, 0.6) is 23.0 Å². The first-order valence-electron chi connectivity index (χ1n) is 11.7. The molecule has 0 saturated heterocycles. The van der Waals surface area contributed by atoms with E-state index in [0.29, 0.717) is 24.6 Å². The zero-order valence-corrected chi connectivity index (χ0v) is 22.9. The van der Waals surface area contributed by atoms with Crippen molar-refractivity contribution in [2.75, 3.05) is 64.3 Å². The van der Waals surface area contributed by atoms with E-state index in [2.05, 4.69) is 5.32 Å². The molecule has 0 aliphatic carbocycles. The molecule has 0 unspecified atom stereocenters. The van der Waals surface area contributed by atoms with Gasteiger partial charge in [-0.05, 0) is 36.4 Å². The first kappa shape index (κ1) is 28.5. The van der Waals surface area contributed by atoms with Crippen LogP contribution in [0.3, 0.4) is 0 Å². The fraction of sp³-hybridized carbons (Fsp3) is 0.296. The lowest BCUT2D eigenvalue weighted by atomic mass is 10.2. The highest BCUT2D eigenvalue weighted by atomic mass is 32.2. The smallest absolute Gasteiger partial charge is 0.265 e. The molecule has 0 spiro atoms. The topological polar surface area (TPSA) is 107 Å². The number of ether oxygens (including phenoxy) is 4. The minimum absolute atomic E-state index is 0.0865. The highest BCUT2D eigenvalue weighted by Crippen LogP contribution is 2.37. The van der Waals surface area contributed by atoms with Gasteiger partial charge in [-0.3, -0.25) is 9.10 Å². The molecule has 3 rings (SSSR count). The van der Waals surface area contributed by atoms with E-state index in [1.54, 1.807) is 12.1 Å². The number of carbonyl (C=O) groups is 1. The standard InChI is InChI=1S/C27H33N3O7S/c1-29(20-9-7-6-8-10-20)16-15-28-27(31)19-30(23-17-21(34-2)11-13-24(23)35-3)38(32,33)22-12-14-25(36-4)26(18-22)37-5/h6-14,17-18H,15-16,19H2,1-5H3,(H,28,31). The molecule has 0 aliphatic heterocycles. The second-order valence-corrected chi connectivity index (χ2v) is 10.0. The minimum Gasteiger partial charge on any atom is -0.497 e. The number of benzene rings is 3. The molecular formula is C27H33N3O7S. The predicted molar refractivity (Wildman–Crippen MR) is 146 cm³/mol. The number of hydrogen-bond donors (Lipinski definition) is 1. The third-order valence-electron chi connectivity index (χ3n) is 5.85. The van der Waals surface area contributed by atoms with Gasteiger partial charge in [0, 0.05) is 38.0 Å². The Morgan fingerprint density at radius 3 is 2.11 bits per heavy atom. The van der Waals surface area contributed by atoms with Crippen LogP contribution in [0.15, 0.2) is 71.6 Å². The molecule has 10 nitrogen and oxygen atoms in total. The Balaban J connectivity index is 1.91. The molecular weight excluding hydrogens is 510 g/mol. The maximum absolute atomic E-state index is 13.9. The first-order valence-corrected chi connectivity index (χ1v) is 13.2. The van der Waals surface area contributed by atoms with Crippen LogP contribution in [-0.4, -0.2) is 69.4 Å². The van der Waals surface area contributed by atoms with Gasteiger partial charge in [0.15, 0.2) is 11.5 Å². The molecule has 0 aromatic heterocycles. The average Bonchev–Trinajstić information content (AvgIpc) is 2.95. The summed E-state index contributed by atoms with van der Waals surface area (Å²) < 4.78 is 50.1. The molecule has 0 radical (unpaired) electrons. The fourth-order valence-electron chi connectivity index (χ4n) is 3.76. The van der Waals surface area contributed by atoms with E-state index < -0.39 is 22.5 Å².